The Hall–Kier alpha value is 0.0300. The largest absolute Gasteiger partial charge is 0.465 e. The summed E-state index contributed by atoms with van der Waals surface area (Å²) in [6.45, 7) is 0. The van der Waals surface area contributed by atoms with E-state index in [9.17, 15) is 4.79 Å². The second kappa shape index (κ2) is 4.15. The molecule has 0 aromatic heterocycles. The molecule has 0 N–H and O–H groups in total. The SMILES string of the molecule is COC(=O)C1=C(Br)C=IC=C1. The van der Waals surface area contributed by atoms with E-state index in [0.29, 0.717) is 5.57 Å². The standard InChI is InChI=1S/C7H6BrIO2/c1-11-7(10)5-2-3-9-4-6(5)8/h2-4H,1H3. The first-order valence-electron chi connectivity index (χ1n) is 2.85. The molecule has 0 aromatic rings. The van der Waals surface area contributed by atoms with Crippen molar-refractivity contribution in [3.63, 3.8) is 0 Å². The first-order chi connectivity index (χ1) is 5.25. The summed E-state index contributed by atoms with van der Waals surface area (Å²) in [6, 6.07) is 0. The molecular weight excluding hydrogens is 323 g/mol. The van der Waals surface area contributed by atoms with Crippen LogP contribution in [0.15, 0.2) is 20.2 Å². The molecule has 0 amide bonds. The van der Waals surface area contributed by atoms with Crippen molar-refractivity contribution in [2.75, 3.05) is 7.11 Å². The number of ether oxygens (including phenoxy) is 1. The molecule has 0 saturated heterocycles. The average Bonchev–Trinajstić information content (AvgIpc) is 2.04. The number of allylic oxidation sites excluding steroid dienone is 1. The van der Waals surface area contributed by atoms with Crippen LogP contribution in [0.1, 0.15) is 0 Å². The summed E-state index contributed by atoms with van der Waals surface area (Å²) in [6.07, 6.45) is 1.81. The number of halogens is 2. The van der Waals surface area contributed by atoms with Gasteiger partial charge in [-0.2, -0.15) is 0 Å². The van der Waals surface area contributed by atoms with E-state index >= 15 is 0 Å². The zero-order valence-electron chi connectivity index (χ0n) is 5.80. The van der Waals surface area contributed by atoms with Crippen molar-refractivity contribution in [2.45, 2.75) is 0 Å². The van der Waals surface area contributed by atoms with Crippen LogP contribution in [-0.4, -0.2) is 17.1 Å². The van der Waals surface area contributed by atoms with Crippen molar-refractivity contribution in [3.8, 4) is 0 Å². The highest BCUT2D eigenvalue weighted by molar-refractivity contribution is 14.2. The Kier molecular flexibility index (Phi) is 3.45. The van der Waals surface area contributed by atoms with Crippen molar-refractivity contribution < 1.29 is 9.53 Å². The summed E-state index contributed by atoms with van der Waals surface area (Å²) in [7, 11) is 1.38. The second-order valence-electron chi connectivity index (χ2n) is 1.78. The van der Waals surface area contributed by atoms with Crippen molar-refractivity contribution in [1.29, 1.82) is 0 Å². The molecular formula is C7H6BrIO2. The van der Waals surface area contributed by atoms with Crippen LogP contribution in [0.4, 0.5) is 0 Å². The summed E-state index contributed by atoms with van der Waals surface area (Å²) >= 11 is 3.29. The summed E-state index contributed by atoms with van der Waals surface area (Å²) in [5, 5.41) is 0. The van der Waals surface area contributed by atoms with Gasteiger partial charge in [-0.3, -0.25) is 0 Å². The average molecular weight is 329 g/mol. The van der Waals surface area contributed by atoms with Crippen molar-refractivity contribution >= 4 is 46.6 Å². The number of rotatable bonds is 1. The molecule has 0 atom stereocenters. The van der Waals surface area contributed by atoms with E-state index in [1.165, 1.54) is 7.11 Å². The van der Waals surface area contributed by atoms with Gasteiger partial charge in [0.15, 0.2) is 0 Å². The molecule has 0 unspecified atom stereocenters. The third-order valence-corrected chi connectivity index (χ3v) is 4.39. The summed E-state index contributed by atoms with van der Waals surface area (Å²) in [5.74, 6) is -0.284. The fourth-order valence-electron chi connectivity index (χ4n) is 0.605. The molecule has 0 spiro atoms. The van der Waals surface area contributed by atoms with Crippen LogP contribution in [-0.2, 0) is 9.53 Å². The topological polar surface area (TPSA) is 26.3 Å². The molecule has 2 nitrogen and oxygen atoms in total. The molecule has 60 valence electrons. The maximum atomic E-state index is 11.0. The van der Waals surface area contributed by atoms with Gasteiger partial charge in [-0.25, -0.2) is 4.79 Å². The third-order valence-electron chi connectivity index (χ3n) is 1.12. The molecule has 1 heterocycles. The van der Waals surface area contributed by atoms with Gasteiger partial charge in [0, 0.05) is 4.48 Å². The molecule has 0 aliphatic carbocycles. The van der Waals surface area contributed by atoms with Crippen LogP contribution in [0.2, 0.25) is 0 Å². The molecule has 11 heavy (non-hydrogen) atoms. The van der Waals surface area contributed by atoms with Gasteiger partial charge in [-0.05, 0) is 30.1 Å². The Balaban J connectivity index is 2.95. The first-order valence-corrected chi connectivity index (χ1v) is 6.14. The number of hydrogen-bond acceptors (Lipinski definition) is 2. The van der Waals surface area contributed by atoms with Gasteiger partial charge >= 0.3 is 5.97 Å². The minimum absolute atomic E-state index is 0.00162. The van der Waals surface area contributed by atoms with Crippen LogP contribution in [0.3, 0.4) is 0 Å². The number of carbonyl (C=O) groups is 1. The monoisotopic (exact) mass is 328 g/mol. The second-order valence-corrected chi connectivity index (χ2v) is 4.70. The van der Waals surface area contributed by atoms with Gasteiger partial charge in [0.05, 0.1) is 12.7 Å². The van der Waals surface area contributed by atoms with E-state index in [0.717, 1.165) is 4.48 Å². The van der Waals surface area contributed by atoms with Gasteiger partial charge < -0.3 is 4.74 Å². The lowest BCUT2D eigenvalue weighted by atomic mass is 10.2. The number of methoxy groups -OCH3 is 1. The van der Waals surface area contributed by atoms with E-state index in [-0.39, 0.29) is 26.7 Å². The van der Waals surface area contributed by atoms with E-state index in [1.54, 1.807) is 0 Å². The number of carbonyl (C=O) groups excluding carboxylic acids is 1. The lowest BCUT2D eigenvalue weighted by Crippen LogP contribution is -2.05. The van der Waals surface area contributed by atoms with Crippen LogP contribution in [0.25, 0.3) is 0 Å². The van der Waals surface area contributed by atoms with Gasteiger partial charge in [-0.1, -0.05) is 20.7 Å². The third kappa shape index (κ3) is 2.23. The van der Waals surface area contributed by atoms with Crippen molar-refractivity contribution in [3.05, 3.63) is 20.2 Å². The van der Waals surface area contributed by atoms with Crippen LogP contribution >= 0.6 is 36.7 Å². The minimum Gasteiger partial charge on any atom is -0.465 e. The van der Waals surface area contributed by atoms with E-state index in [2.05, 4.69) is 20.7 Å². The highest BCUT2D eigenvalue weighted by Gasteiger charge is 2.10. The van der Waals surface area contributed by atoms with Gasteiger partial charge in [0.1, 0.15) is 0 Å². The van der Waals surface area contributed by atoms with Gasteiger partial charge in [-0.15, -0.1) is 0 Å². The predicted molar refractivity (Wildman–Crippen MR) is 57.2 cm³/mol. The van der Waals surface area contributed by atoms with E-state index in [1.807, 2.05) is 14.2 Å². The molecule has 0 radical (unpaired) electrons. The normalized spacial score (nSPS) is 16.2. The first kappa shape index (κ1) is 9.12. The molecule has 4 heteroatoms. The summed E-state index contributed by atoms with van der Waals surface area (Å²) in [4.78, 5) is 11.0. The Morgan fingerprint density at radius 2 is 2.45 bits per heavy atom. The van der Waals surface area contributed by atoms with E-state index < -0.39 is 0 Å². The predicted octanol–water partition coefficient (Wildman–Crippen LogP) is 2.11. The smallest absolute Gasteiger partial charge is 0.339 e. The van der Waals surface area contributed by atoms with Crippen LogP contribution in [0, 0.1) is 0 Å². The molecule has 0 bridgehead atoms. The van der Waals surface area contributed by atoms with Gasteiger partial charge in [0.2, 0.25) is 0 Å². The zero-order chi connectivity index (χ0) is 8.27. The van der Waals surface area contributed by atoms with Crippen LogP contribution in [0.5, 0.6) is 0 Å². The maximum Gasteiger partial charge on any atom is 0.339 e. The Bertz CT molecular complexity index is 266. The number of hydrogen-bond donors (Lipinski definition) is 0. The van der Waals surface area contributed by atoms with E-state index in [4.69, 9.17) is 0 Å². The maximum absolute atomic E-state index is 11.0. The molecule has 1 aliphatic heterocycles. The molecule has 1 aliphatic rings. The fraction of sp³-hybridized carbons (Fsp3) is 0.143. The Morgan fingerprint density at radius 1 is 1.73 bits per heavy atom. The van der Waals surface area contributed by atoms with Crippen molar-refractivity contribution in [1.82, 2.24) is 0 Å². The van der Waals surface area contributed by atoms with Gasteiger partial charge in [0.25, 0.3) is 0 Å². The fourth-order valence-corrected chi connectivity index (χ4v) is 3.00. The lowest BCUT2D eigenvalue weighted by Gasteiger charge is -2.02. The van der Waals surface area contributed by atoms with Crippen LogP contribution < -0.4 is 0 Å². The Morgan fingerprint density at radius 3 is 3.00 bits per heavy atom. The quantitative estimate of drug-likeness (QED) is 0.544. The minimum atomic E-state index is -0.284. The zero-order valence-corrected chi connectivity index (χ0v) is 9.55. The number of esters is 1. The highest BCUT2D eigenvalue weighted by atomic mass is 127. The highest BCUT2D eigenvalue weighted by Crippen LogP contribution is 2.21. The molecule has 0 saturated carbocycles. The summed E-state index contributed by atoms with van der Waals surface area (Å²) < 4.78 is 9.49. The summed E-state index contributed by atoms with van der Waals surface area (Å²) in [5.41, 5.74) is 0.610. The Labute approximate surface area is 83.2 Å². The molecule has 1 rings (SSSR count). The molecule has 0 aromatic carbocycles. The van der Waals surface area contributed by atoms with Crippen molar-refractivity contribution in [2.24, 2.45) is 0 Å². The lowest BCUT2D eigenvalue weighted by molar-refractivity contribution is -0.135. The molecule has 0 fully saturated rings.